The number of sulfone groups is 1. The first kappa shape index (κ1) is 21.1. The Bertz CT molecular complexity index is 387. The molecule has 0 aromatic rings. The van der Waals surface area contributed by atoms with Crippen molar-refractivity contribution >= 4 is 15.8 Å². The number of hydrogen-bond acceptors (Lipinski definition) is 6. The Morgan fingerprint density at radius 1 is 1.00 bits per heavy atom. The molecule has 0 heterocycles. The summed E-state index contributed by atoms with van der Waals surface area (Å²) in [7, 11) is 0.377. The second-order valence-electron chi connectivity index (χ2n) is 4.63. The van der Waals surface area contributed by atoms with Crippen LogP contribution in [0.4, 0.5) is 0 Å². The molecule has 0 amide bonds. The number of hydrogen-bond donors (Lipinski definition) is 2. The Hall–Kier alpha value is -0.900. The molecule has 0 aliphatic carbocycles. The summed E-state index contributed by atoms with van der Waals surface area (Å²) in [6.07, 6.45) is 2.06. The lowest BCUT2D eigenvalue weighted by Crippen LogP contribution is -2.39. The van der Waals surface area contributed by atoms with E-state index in [-0.39, 0.29) is 12.4 Å². The first-order valence-electron chi connectivity index (χ1n) is 7.26. The van der Waals surface area contributed by atoms with Gasteiger partial charge in [-0.15, -0.1) is 0 Å². The van der Waals surface area contributed by atoms with Crippen LogP contribution in [0.5, 0.6) is 0 Å². The molecule has 0 rings (SSSR count). The summed E-state index contributed by atoms with van der Waals surface area (Å²) in [5.41, 5.74) is 0. The van der Waals surface area contributed by atoms with Crippen molar-refractivity contribution in [3.05, 3.63) is 0 Å². The van der Waals surface area contributed by atoms with E-state index >= 15 is 0 Å². The normalized spacial score (nSPS) is 12.4. The number of rotatable bonds is 13. The Labute approximate surface area is 133 Å². The van der Waals surface area contributed by atoms with Crippen LogP contribution < -0.4 is 10.6 Å². The second kappa shape index (κ2) is 13.7. The van der Waals surface area contributed by atoms with E-state index < -0.39 is 9.84 Å². The summed E-state index contributed by atoms with van der Waals surface area (Å²) in [6.45, 7) is 3.84. The van der Waals surface area contributed by atoms with E-state index in [1.54, 1.807) is 14.2 Å². The molecule has 0 radical (unpaired) electrons. The van der Waals surface area contributed by atoms with E-state index in [4.69, 9.17) is 14.2 Å². The van der Waals surface area contributed by atoms with Crippen molar-refractivity contribution in [3.63, 3.8) is 0 Å². The van der Waals surface area contributed by atoms with Crippen LogP contribution in [0.15, 0.2) is 4.99 Å². The average Bonchev–Trinajstić information content (AvgIpc) is 2.46. The van der Waals surface area contributed by atoms with Gasteiger partial charge in [0, 0.05) is 40.1 Å². The van der Waals surface area contributed by atoms with Gasteiger partial charge in [-0.3, -0.25) is 4.99 Å². The van der Waals surface area contributed by atoms with Crippen LogP contribution in [-0.4, -0.2) is 86.7 Å². The molecule has 0 fully saturated rings. The molecular weight excluding hydrogens is 310 g/mol. The topological polar surface area (TPSA) is 98.2 Å². The largest absolute Gasteiger partial charge is 0.382 e. The van der Waals surface area contributed by atoms with Crippen molar-refractivity contribution in [1.82, 2.24) is 10.6 Å². The molecule has 0 saturated carbocycles. The summed E-state index contributed by atoms with van der Waals surface area (Å²) in [5, 5.41) is 6.23. The van der Waals surface area contributed by atoms with Crippen LogP contribution in [0.3, 0.4) is 0 Å². The Morgan fingerprint density at radius 2 is 1.68 bits per heavy atom. The van der Waals surface area contributed by atoms with Gasteiger partial charge < -0.3 is 24.8 Å². The molecule has 0 aromatic carbocycles. The fraction of sp³-hybridized carbons (Fsp3) is 0.923. The maximum absolute atomic E-state index is 10.9. The predicted octanol–water partition coefficient (Wildman–Crippen LogP) is -0.734. The number of nitrogens with one attached hydrogen (secondary N) is 2. The summed E-state index contributed by atoms with van der Waals surface area (Å²) in [6, 6.07) is 0. The fourth-order valence-corrected chi connectivity index (χ4v) is 1.82. The molecule has 22 heavy (non-hydrogen) atoms. The van der Waals surface area contributed by atoms with Crippen molar-refractivity contribution in [3.8, 4) is 0 Å². The first-order valence-corrected chi connectivity index (χ1v) is 9.32. The van der Waals surface area contributed by atoms with Crippen LogP contribution in [-0.2, 0) is 24.0 Å². The highest BCUT2D eigenvalue weighted by Crippen LogP contribution is 1.84. The molecule has 8 nitrogen and oxygen atoms in total. The highest BCUT2D eigenvalue weighted by atomic mass is 32.2. The third-order valence-corrected chi connectivity index (χ3v) is 3.46. The van der Waals surface area contributed by atoms with Crippen molar-refractivity contribution in [2.75, 3.05) is 72.3 Å². The van der Waals surface area contributed by atoms with Crippen LogP contribution in [0.1, 0.15) is 6.42 Å². The zero-order chi connectivity index (χ0) is 16.7. The third-order valence-electron chi connectivity index (χ3n) is 2.55. The monoisotopic (exact) mass is 339 g/mol. The predicted molar refractivity (Wildman–Crippen MR) is 87.2 cm³/mol. The Balaban J connectivity index is 3.48. The van der Waals surface area contributed by atoms with Gasteiger partial charge >= 0.3 is 0 Å². The van der Waals surface area contributed by atoms with Gasteiger partial charge in [-0.1, -0.05) is 0 Å². The second-order valence-corrected chi connectivity index (χ2v) is 6.89. The number of ether oxygens (including phenoxy) is 3. The van der Waals surface area contributed by atoms with Gasteiger partial charge in [0.1, 0.15) is 9.84 Å². The van der Waals surface area contributed by atoms with Gasteiger partial charge in [-0.2, -0.15) is 0 Å². The fourth-order valence-electron chi connectivity index (χ4n) is 1.40. The van der Waals surface area contributed by atoms with Gasteiger partial charge in [0.05, 0.1) is 32.2 Å². The van der Waals surface area contributed by atoms with Crippen molar-refractivity contribution in [2.45, 2.75) is 6.42 Å². The minimum atomic E-state index is -2.96. The number of methoxy groups -OCH3 is 1. The average molecular weight is 339 g/mol. The molecule has 0 spiro atoms. The minimum absolute atomic E-state index is 0.0447. The molecule has 0 aromatic heterocycles. The summed E-state index contributed by atoms with van der Waals surface area (Å²) < 4.78 is 37.3. The molecule has 0 unspecified atom stereocenters. The summed E-state index contributed by atoms with van der Waals surface area (Å²) >= 11 is 0. The zero-order valence-corrected chi connectivity index (χ0v) is 14.6. The quantitative estimate of drug-likeness (QED) is 0.259. The Kier molecular flexibility index (Phi) is 13.2. The molecule has 2 N–H and O–H groups in total. The zero-order valence-electron chi connectivity index (χ0n) is 13.8. The molecule has 0 bridgehead atoms. The highest BCUT2D eigenvalue weighted by Gasteiger charge is 2.01. The lowest BCUT2D eigenvalue weighted by Gasteiger charge is -2.12. The molecule has 0 saturated heterocycles. The maximum Gasteiger partial charge on any atom is 0.191 e. The van der Waals surface area contributed by atoms with Crippen LogP contribution >= 0.6 is 0 Å². The smallest absolute Gasteiger partial charge is 0.191 e. The van der Waals surface area contributed by atoms with Gasteiger partial charge in [-0.05, 0) is 6.42 Å². The molecule has 0 aliphatic rings. The Morgan fingerprint density at radius 3 is 2.32 bits per heavy atom. The molecule has 0 atom stereocenters. The van der Waals surface area contributed by atoms with E-state index in [1.807, 2.05) is 0 Å². The highest BCUT2D eigenvalue weighted by molar-refractivity contribution is 7.90. The van der Waals surface area contributed by atoms with E-state index in [9.17, 15) is 8.42 Å². The molecular formula is C13H29N3O5S. The lowest BCUT2D eigenvalue weighted by atomic mass is 10.4. The van der Waals surface area contributed by atoms with Gasteiger partial charge in [0.15, 0.2) is 5.96 Å². The molecule has 9 heteroatoms. The number of guanidine groups is 1. The summed E-state index contributed by atoms with van der Waals surface area (Å²) in [5.74, 6) is 0.729. The molecule has 132 valence electrons. The van der Waals surface area contributed by atoms with Crippen LogP contribution in [0.2, 0.25) is 0 Å². The third kappa shape index (κ3) is 15.5. The van der Waals surface area contributed by atoms with Crippen LogP contribution in [0.25, 0.3) is 0 Å². The van der Waals surface area contributed by atoms with E-state index in [0.29, 0.717) is 38.9 Å². The van der Waals surface area contributed by atoms with Crippen LogP contribution in [0, 0.1) is 0 Å². The first-order chi connectivity index (χ1) is 10.5. The standard InChI is InChI=1S/C13H29N3O5S/c1-14-13(15-5-4-7-20-10-9-19-2)16-6-8-21-11-12-22(3,17)18/h4-12H2,1-3H3,(H2,14,15,16). The minimum Gasteiger partial charge on any atom is -0.382 e. The SMILES string of the molecule is CN=C(NCCCOCCOC)NCCOCCS(C)(=O)=O. The van der Waals surface area contributed by atoms with Gasteiger partial charge in [0.2, 0.25) is 0 Å². The molecule has 0 aliphatic heterocycles. The van der Waals surface area contributed by atoms with Crippen molar-refractivity contribution in [2.24, 2.45) is 4.99 Å². The van der Waals surface area contributed by atoms with Gasteiger partial charge in [0.25, 0.3) is 0 Å². The van der Waals surface area contributed by atoms with Gasteiger partial charge in [-0.25, -0.2) is 8.42 Å². The van der Waals surface area contributed by atoms with E-state index in [1.165, 1.54) is 6.26 Å². The lowest BCUT2D eigenvalue weighted by molar-refractivity contribution is 0.0698. The maximum atomic E-state index is 10.9. The van der Waals surface area contributed by atoms with Crippen molar-refractivity contribution < 1.29 is 22.6 Å². The van der Waals surface area contributed by atoms with Crippen molar-refractivity contribution in [1.29, 1.82) is 0 Å². The van der Waals surface area contributed by atoms with E-state index in [2.05, 4.69) is 15.6 Å². The summed E-state index contributed by atoms with van der Waals surface area (Å²) in [4.78, 5) is 4.07. The van der Waals surface area contributed by atoms with E-state index in [0.717, 1.165) is 13.0 Å². The number of nitrogens with zero attached hydrogens (tertiary/aromatic N) is 1. The number of aliphatic imine (C=N–C) groups is 1.